The van der Waals surface area contributed by atoms with Crippen LogP contribution in [0.15, 0.2) is 22.7 Å². The van der Waals surface area contributed by atoms with Crippen molar-refractivity contribution in [3.8, 4) is 5.75 Å². The van der Waals surface area contributed by atoms with Gasteiger partial charge in [-0.2, -0.15) is 0 Å². The Kier molecular flexibility index (Phi) is 10.7. The van der Waals surface area contributed by atoms with E-state index in [1.54, 1.807) is 12.0 Å². The zero-order chi connectivity index (χ0) is 22.8. The summed E-state index contributed by atoms with van der Waals surface area (Å²) < 4.78 is 6.63. The molecule has 3 N–H and O–H groups in total. The number of piperidine rings is 1. The number of halogens is 1. The number of ether oxygens (including phenoxy) is 1. The van der Waals surface area contributed by atoms with Crippen LogP contribution in [0.25, 0.3) is 0 Å². The molecule has 2 heterocycles. The first kappa shape index (κ1) is 25.5. The number of hydrogen-bond donors (Lipinski definition) is 3. The molecule has 9 nitrogen and oxygen atoms in total. The summed E-state index contributed by atoms with van der Waals surface area (Å²) in [6, 6.07) is 7.06. The van der Waals surface area contributed by atoms with E-state index < -0.39 is 11.9 Å². The van der Waals surface area contributed by atoms with E-state index in [4.69, 9.17) is 29.6 Å². The molecule has 0 aromatic heterocycles. The summed E-state index contributed by atoms with van der Waals surface area (Å²) in [6.45, 7) is 9.14. The Bertz CT molecular complexity index is 707. The summed E-state index contributed by atoms with van der Waals surface area (Å²) >= 11 is 3.57. The molecule has 174 valence electrons. The number of quaternary nitrogens is 1. The minimum Gasteiger partial charge on any atom is -0.539 e. The Balaban J connectivity index is 0.000000501. The first-order valence-electron chi connectivity index (χ1n) is 10.5. The molecule has 0 spiro atoms. The third kappa shape index (κ3) is 8.38. The van der Waals surface area contributed by atoms with Gasteiger partial charge in [0, 0.05) is 62.1 Å². The fraction of sp³-hybridized carbons (Fsp3) is 0.619. The number of methoxy groups -OCH3 is 1. The summed E-state index contributed by atoms with van der Waals surface area (Å²) in [7, 11) is 1.75. The molecule has 0 bridgehead atoms. The highest BCUT2D eigenvalue weighted by Crippen LogP contribution is 2.25. The molecule has 2 fully saturated rings. The van der Waals surface area contributed by atoms with Crippen LogP contribution in [0.5, 0.6) is 5.75 Å². The largest absolute Gasteiger partial charge is 0.539 e. The van der Waals surface area contributed by atoms with E-state index >= 15 is 0 Å². The summed E-state index contributed by atoms with van der Waals surface area (Å²) in [6.07, 6.45) is 2.57. The average molecular weight is 502 g/mol. The molecule has 2 aliphatic heterocycles. The second kappa shape index (κ2) is 13.0. The standard InChI is InChI=1S/C19H30BrN3O2.C2H2O4/c1-25-19-3-2-17(20)14-16(19)15-22-6-4-18(5-7-22)23-10-8-21(9-11-23)12-13-24;3-1(4)2(5)6/h2-3,14,18,24H,4-13,15H2,1H3;(H,3,4)(H,5,6). The third-order valence-electron chi connectivity index (χ3n) is 5.89. The van der Waals surface area contributed by atoms with E-state index in [9.17, 15) is 0 Å². The number of carbonyl (C=O) groups excluding carboxylic acids is 1. The quantitative estimate of drug-likeness (QED) is 0.400. The molecule has 1 aromatic carbocycles. The van der Waals surface area contributed by atoms with Crippen molar-refractivity contribution in [1.82, 2.24) is 9.80 Å². The predicted molar refractivity (Wildman–Crippen MR) is 116 cm³/mol. The van der Waals surface area contributed by atoms with Gasteiger partial charge >= 0.3 is 5.97 Å². The Morgan fingerprint density at radius 2 is 1.81 bits per heavy atom. The van der Waals surface area contributed by atoms with Gasteiger partial charge in [-0.3, -0.25) is 9.80 Å². The Morgan fingerprint density at radius 3 is 2.32 bits per heavy atom. The second-order valence-corrected chi connectivity index (χ2v) is 8.74. The number of carbonyl (C=O) groups is 2. The lowest BCUT2D eigenvalue weighted by molar-refractivity contribution is -0.930. The van der Waals surface area contributed by atoms with Crippen LogP contribution in [0.4, 0.5) is 0 Å². The third-order valence-corrected chi connectivity index (χ3v) is 6.38. The van der Waals surface area contributed by atoms with E-state index in [1.807, 2.05) is 12.1 Å². The van der Waals surface area contributed by atoms with Crippen molar-refractivity contribution in [3.63, 3.8) is 0 Å². The summed E-state index contributed by atoms with van der Waals surface area (Å²) in [4.78, 5) is 24.7. The number of nitrogens with zero attached hydrogens (tertiary/aromatic N) is 2. The maximum absolute atomic E-state index is 9.07. The molecule has 0 atom stereocenters. The van der Waals surface area contributed by atoms with Crippen LogP contribution in [-0.2, 0) is 16.1 Å². The number of carboxylic acid groups (broad SMARTS) is 2. The van der Waals surface area contributed by atoms with Crippen LogP contribution in [0.2, 0.25) is 0 Å². The van der Waals surface area contributed by atoms with Crippen LogP contribution in [0.1, 0.15) is 18.4 Å². The number of aliphatic hydroxyl groups is 1. The van der Waals surface area contributed by atoms with Crippen LogP contribution in [0, 0.1) is 0 Å². The number of rotatable bonds is 6. The number of β-amino-alcohol motifs (C(OH)–C–C–N with tert-alkyl or cyclic N) is 1. The van der Waals surface area contributed by atoms with E-state index in [2.05, 4.69) is 31.8 Å². The summed E-state index contributed by atoms with van der Waals surface area (Å²) in [5, 5.41) is 25.4. The topological polar surface area (TPSA) is 118 Å². The van der Waals surface area contributed by atoms with Gasteiger partial charge in [0.15, 0.2) is 5.97 Å². The molecule has 2 aliphatic rings. The van der Waals surface area contributed by atoms with Gasteiger partial charge in [-0.05, 0) is 18.2 Å². The maximum atomic E-state index is 9.07. The van der Waals surface area contributed by atoms with Crippen molar-refractivity contribution >= 4 is 27.9 Å². The van der Waals surface area contributed by atoms with Gasteiger partial charge in [0.2, 0.25) is 0 Å². The van der Waals surface area contributed by atoms with Gasteiger partial charge in [-0.1, -0.05) is 15.9 Å². The van der Waals surface area contributed by atoms with Crippen LogP contribution in [-0.4, -0.2) is 97.5 Å². The fourth-order valence-corrected chi connectivity index (χ4v) is 4.63. The van der Waals surface area contributed by atoms with E-state index in [0.717, 1.165) is 42.4 Å². The molecule has 0 saturated carbocycles. The highest BCUT2D eigenvalue weighted by atomic mass is 79.9. The van der Waals surface area contributed by atoms with Gasteiger partial charge in [-0.15, -0.1) is 0 Å². The number of aliphatic hydroxyl groups excluding tert-OH is 1. The molecule has 0 radical (unpaired) electrons. The molecule has 0 unspecified atom stereocenters. The molecule has 0 amide bonds. The first-order chi connectivity index (χ1) is 14.8. The highest BCUT2D eigenvalue weighted by molar-refractivity contribution is 9.10. The number of nitrogens with one attached hydrogen (secondary N) is 1. The fourth-order valence-electron chi connectivity index (χ4n) is 4.22. The lowest BCUT2D eigenvalue weighted by Crippen LogP contribution is -3.18. The van der Waals surface area contributed by atoms with Crippen molar-refractivity contribution in [3.05, 3.63) is 28.2 Å². The summed E-state index contributed by atoms with van der Waals surface area (Å²) in [5.41, 5.74) is 1.26. The molecular formula is C21H32BrN3O6. The van der Waals surface area contributed by atoms with Crippen LogP contribution >= 0.6 is 15.9 Å². The number of hydrogen-bond acceptors (Lipinski definition) is 7. The van der Waals surface area contributed by atoms with Crippen molar-refractivity contribution in [2.45, 2.75) is 25.4 Å². The molecule has 2 saturated heterocycles. The smallest absolute Gasteiger partial charge is 0.351 e. The SMILES string of the molecule is COc1ccc(Br)cc1CN1CCC([NH+]2CCN(CCO)CC2)CC1.O=C([O-])C(=O)O. The van der Waals surface area contributed by atoms with Crippen molar-refractivity contribution < 1.29 is 34.5 Å². The Morgan fingerprint density at radius 1 is 1.19 bits per heavy atom. The van der Waals surface area contributed by atoms with E-state index in [0.29, 0.717) is 0 Å². The van der Waals surface area contributed by atoms with Crippen molar-refractivity contribution in [1.29, 1.82) is 0 Å². The Labute approximate surface area is 191 Å². The lowest BCUT2D eigenvalue weighted by Gasteiger charge is -2.40. The molecule has 3 rings (SSSR count). The monoisotopic (exact) mass is 501 g/mol. The van der Waals surface area contributed by atoms with Crippen LogP contribution in [0.3, 0.4) is 0 Å². The zero-order valence-electron chi connectivity index (χ0n) is 17.9. The van der Waals surface area contributed by atoms with Gasteiger partial charge in [0.25, 0.3) is 0 Å². The highest BCUT2D eigenvalue weighted by Gasteiger charge is 2.30. The second-order valence-electron chi connectivity index (χ2n) is 7.82. The lowest BCUT2D eigenvalue weighted by atomic mass is 10.0. The summed E-state index contributed by atoms with van der Waals surface area (Å²) in [5.74, 6) is -3.03. The Hall–Kier alpha value is -1.72. The predicted octanol–water partition coefficient (Wildman–Crippen LogP) is -1.56. The molecule has 0 aliphatic carbocycles. The minimum atomic E-state index is -2.07. The average Bonchev–Trinajstić information content (AvgIpc) is 2.76. The molecule has 1 aromatic rings. The number of carboxylic acids is 2. The van der Waals surface area contributed by atoms with Crippen molar-refractivity contribution in [2.75, 3.05) is 59.5 Å². The first-order valence-corrected chi connectivity index (χ1v) is 11.3. The zero-order valence-corrected chi connectivity index (χ0v) is 19.5. The van der Waals surface area contributed by atoms with Gasteiger partial charge in [-0.25, -0.2) is 4.79 Å². The minimum absolute atomic E-state index is 0.285. The van der Waals surface area contributed by atoms with E-state index in [-0.39, 0.29) is 6.61 Å². The van der Waals surface area contributed by atoms with E-state index in [1.165, 1.54) is 44.6 Å². The molecule has 31 heavy (non-hydrogen) atoms. The van der Waals surface area contributed by atoms with Crippen molar-refractivity contribution in [2.24, 2.45) is 0 Å². The number of benzene rings is 1. The van der Waals surface area contributed by atoms with Gasteiger partial charge in [0.1, 0.15) is 5.75 Å². The molecule has 10 heteroatoms. The number of piperazine rings is 1. The van der Waals surface area contributed by atoms with Crippen LogP contribution < -0.4 is 14.7 Å². The molecular weight excluding hydrogens is 470 g/mol. The maximum Gasteiger partial charge on any atom is 0.351 e. The number of aliphatic carboxylic acids is 2. The normalized spacial score (nSPS) is 18.8. The van der Waals surface area contributed by atoms with Gasteiger partial charge in [0.05, 0.1) is 32.8 Å². The number of likely N-dealkylation sites (tertiary alicyclic amines) is 1. The van der Waals surface area contributed by atoms with Gasteiger partial charge < -0.3 is 29.8 Å².